The SMILES string of the molecule is Cc1cc(OCC(=O)O)ccc1NC(=O)CCn1cc([N+](=O)[O-])cn1. The highest BCUT2D eigenvalue weighted by molar-refractivity contribution is 5.91. The van der Waals surface area contributed by atoms with Crippen LogP contribution in [0.4, 0.5) is 11.4 Å². The van der Waals surface area contributed by atoms with E-state index in [2.05, 4.69) is 10.4 Å². The van der Waals surface area contributed by atoms with Gasteiger partial charge in [0.1, 0.15) is 18.1 Å². The number of nitrogens with one attached hydrogen (secondary N) is 1. The lowest BCUT2D eigenvalue weighted by Gasteiger charge is -2.10. The van der Waals surface area contributed by atoms with Crippen molar-refractivity contribution in [2.75, 3.05) is 11.9 Å². The van der Waals surface area contributed by atoms with E-state index in [0.29, 0.717) is 17.0 Å². The zero-order valence-electron chi connectivity index (χ0n) is 13.3. The first-order valence-electron chi connectivity index (χ1n) is 7.27. The van der Waals surface area contributed by atoms with Crippen LogP contribution in [0, 0.1) is 17.0 Å². The maximum Gasteiger partial charge on any atom is 0.341 e. The van der Waals surface area contributed by atoms with Crippen molar-refractivity contribution in [2.45, 2.75) is 19.9 Å². The number of nitro groups is 1. The van der Waals surface area contributed by atoms with Crippen molar-refractivity contribution in [3.63, 3.8) is 0 Å². The Labute approximate surface area is 142 Å². The quantitative estimate of drug-likeness (QED) is 0.546. The molecule has 1 aromatic heterocycles. The summed E-state index contributed by atoms with van der Waals surface area (Å²) in [7, 11) is 0. The molecule has 0 unspecified atom stereocenters. The summed E-state index contributed by atoms with van der Waals surface area (Å²) in [6, 6.07) is 4.79. The molecule has 0 aliphatic heterocycles. The average molecular weight is 348 g/mol. The Hall–Kier alpha value is -3.43. The number of carboxylic acids is 1. The van der Waals surface area contributed by atoms with Crippen molar-refractivity contribution in [1.29, 1.82) is 0 Å². The maximum absolute atomic E-state index is 12.0. The number of carbonyl (C=O) groups excluding carboxylic acids is 1. The molecule has 0 aliphatic rings. The largest absolute Gasteiger partial charge is 0.482 e. The third-order valence-electron chi connectivity index (χ3n) is 3.23. The van der Waals surface area contributed by atoms with Gasteiger partial charge in [0.2, 0.25) is 5.91 Å². The summed E-state index contributed by atoms with van der Waals surface area (Å²) in [5.74, 6) is -0.962. The molecule has 2 N–H and O–H groups in total. The van der Waals surface area contributed by atoms with Crippen molar-refractivity contribution in [3.05, 3.63) is 46.3 Å². The molecule has 132 valence electrons. The van der Waals surface area contributed by atoms with Crippen LogP contribution in [0.5, 0.6) is 5.75 Å². The highest BCUT2D eigenvalue weighted by Crippen LogP contribution is 2.21. The number of benzene rings is 1. The van der Waals surface area contributed by atoms with Gasteiger partial charge in [-0.1, -0.05) is 0 Å². The number of aliphatic carboxylic acids is 1. The fourth-order valence-corrected chi connectivity index (χ4v) is 2.01. The number of rotatable bonds is 8. The molecule has 0 saturated carbocycles. The normalized spacial score (nSPS) is 10.3. The van der Waals surface area contributed by atoms with E-state index in [1.807, 2.05) is 0 Å². The number of carboxylic acid groups (broad SMARTS) is 1. The number of carbonyl (C=O) groups is 2. The summed E-state index contributed by atoms with van der Waals surface area (Å²) in [4.78, 5) is 32.5. The third-order valence-corrected chi connectivity index (χ3v) is 3.23. The van der Waals surface area contributed by atoms with E-state index in [9.17, 15) is 19.7 Å². The second-order valence-corrected chi connectivity index (χ2v) is 5.18. The minimum Gasteiger partial charge on any atom is -0.482 e. The van der Waals surface area contributed by atoms with E-state index in [0.717, 1.165) is 6.20 Å². The number of ether oxygens (including phenoxy) is 1. The Morgan fingerprint density at radius 2 is 2.20 bits per heavy atom. The van der Waals surface area contributed by atoms with E-state index < -0.39 is 17.5 Å². The van der Waals surface area contributed by atoms with Crippen molar-refractivity contribution in [3.8, 4) is 5.75 Å². The van der Waals surface area contributed by atoms with E-state index in [1.165, 1.54) is 10.9 Å². The van der Waals surface area contributed by atoms with Gasteiger partial charge in [0.25, 0.3) is 0 Å². The van der Waals surface area contributed by atoms with Crippen molar-refractivity contribution in [2.24, 2.45) is 0 Å². The topological polar surface area (TPSA) is 137 Å². The van der Waals surface area contributed by atoms with Gasteiger partial charge < -0.3 is 15.2 Å². The number of aromatic nitrogens is 2. The zero-order valence-corrected chi connectivity index (χ0v) is 13.3. The summed E-state index contributed by atoms with van der Waals surface area (Å²) in [6.07, 6.45) is 2.47. The Balaban J connectivity index is 1.89. The number of hydrogen-bond donors (Lipinski definition) is 2. The van der Waals surface area contributed by atoms with Gasteiger partial charge in [0.05, 0.1) is 4.92 Å². The lowest BCUT2D eigenvalue weighted by Crippen LogP contribution is -2.15. The molecule has 0 aliphatic carbocycles. The van der Waals surface area contributed by atoms with Gasteiger partial charge in [0.15, 0.2) is 6.61 Å². The van der Waals surface area contributed by atoms with Crippen LogP contribution in [0.1, 0.15) is 12.0 Å². The Kier molecular flexibility index (Phi) is 5.66. The van der Waals surface area contributed by atoms with Gasteiger partial charge >= 0.3 is 11.7 Å². The smallest absolute Gasteiger partial charge is 0.341 e. The first-order valence-corrected chi connectivity index (χ1v) is 7.27. The lowest BCUT2D eigenvalue weighted by molar-refractivity contribution is -0.385. The van der Waals surface area contributed by atoms with E-state index in [-0.39, 0.29) is 24.6 Å². The fraction of sp³-hybridized carbons (Fsp3) is 0.267. The molecule has 1 heterocycles. The molecule has 0 radical (unpaired) electrons. The number of nitrogens with zero attached hydrogens (tertiary/aromatic N) is 3. The Morgan fingerprint density at radius 3 is 2.80 bits per heavy atom. The predicted molar refractivity (Wildman–Crippen MR) is 86.4 cm³/mol. The number of amides is 1. The molecule has 2 aromatic rings. The Bertz CT molecular complexity index is 801. The first kappa shape index (κ1) is 17.9. The van der Waals surface area contributed by atoms with Crippen LogP contribution in [-0.2, 0) is 16.1 Å². The molecule has 0 spiro atoms. The summed E-state index contributed by atoms with van der Waals surface area (Å²) in [5.41, 5.74) is 1.15. The van der Waals surface area contributed by atoms with Crippen molar-refractivity contribution < 1.29 is 24.4 Å². The molecule has 0 atom stereocenters. The van der Waals surface area contributed by atoms with E-state index in [4.69, 9.17) is 9.84 Å². The summed E-state index contributed by atoms with van der Waals surface area (Å²) in [6.45, 7) is 1.51. The molecule has 1 amide bonds. The van der Waals surface area contributed by atoms with Gasteiger partial charge in [-0.25, -0.2) is 4.79 Å². The maximum atomic E-state index is 12.0. The van der Waals surface area contributed by atoms with E-state index >= 15 is 0 Å². The molecular formula is C15H16N4O6. The fourth-order valence-electron chi connectivity index (χ4n) is 2.01. The van der Waals surface area contributed by atoms with Gasteiger partial charge in [0, 0.05) is 18.7 Å². The molecule has 0 saturated heterocycles. The van der Waals surface area contributed by atoms with Crippen LogP contribution < -0.4 is 10.1 Å². The summed E-state index contributed by atoms with van der Waals surface area (Å²) in [5, 5.41) is 25.7. The van der Waals surface area contributed by atoms with Crippen molar-refractivity contribution >= 4 is 23.3 Å². The predicted octanol–water partition coefficient (Wildman–Crippen LogP) is 1.59. The van der Waals surface area contributed by atoms with Crippen LogP contribution >= 0.6 is 0 Å². The second-order valence-electron chi connectivity index (χ2n) is 5.18. The third kappa shape index (κ3) is 5.30. The molecule has 2 rings (SSSR count). The van der Waals surface area contributed by atoms with Crippen LogP contribution in [0.15, 0.2) is 30.6 Å². The molecule has 0 bridgehead atoms. The van der Waals surface area contributed by atoms with Gasteiger partial charge in [-0.15, -0.1) is 0 Å². The highest BCUT2D eigenvalue weighted by Gasteiger charge is 2.11. The van der Waals surface area contributed by atoms with Crippen LogP contribution in [0.2, 0.25) is 0 Å². The van der Waals surface area contributed by atoms with Gasteiger partial charge in [-0.2, -0.15) is 5.10 Å². The molecular weight excluding hydrogens is 332 g/mol. The first-order chi connectivity index (χ1) is 11.8. The monoisotopic (exact) mass is 348 g/mol. The van der Waals surface area contributed by atoms with Gasteiger partial charge in [-0.05, 0) is 30.7 Å². The second kappa shape index (κ2) is 7.90. The molecule has 25 heavy (non-hydrogen) atoms. The summed E-state index contributed by atoms with van der Waals surface area (Å²) >= 11 is 0. The van der Waals surface area contributed by atoms with Crippen LogP contribution in [0.3, 0.4) is 0 Å². The van der Waals surface area contributed by atoms with E-state index in [1.54, 1.807) is 25.1 Å². The summed E-state index contributed by atoms with van der Waals surface area (Å²) < 4.78 is 6.38. The van der Waals surface area contributed by atoms with Crippen LogP contribution in [0.25, 0.3) is 0 Å². The molecule has 10 heteroatoms. The number of hydrogen-bond acceptors (Lipinski definition) is 6. The zero-order chi connectivity index (χ0) is 18.4. The molecule has 10 nitrogen and oxygen atoms in total. The number of anilines is 1. The number of aryl methyl sites for hydroxylation is 2. The standard InChI is InChI=1S/C15H16N4O6/c1-10-6-12(25-9-15(21)22)2-3-13(10)17-14(20)4-5-18-8-11(7-16-18)19(23)24/h2-3,6-8H,4-5,9H2,1H3,(H,17,20)(H,21,22). The lowest BCUT2D eigenvalue weighted by atomic mass is 10.2. The van der Waals surface area contributed by atoms with Gasteiger partial charge in [-0.3, -0.25) is 19.6 Å². The molecule has 0 fully saturated rings. The van der Waals surface area contributed by atoms with Crippen LogP contribution in [-0.4, -0.2) is 38.3 Å². The minimum absolute atomic E-state index is 0.0928. The van der Waals surface area contributed by atoms with Crippen molar-refractivity contribution in [1.82, 2.24) is 9.78 Å². The highest BCUT2D eigenvalue weighted by atomic mass is 16.6. The average Bonchev–Trinajstić information content (AvgIpc) is 3.02. The molecule has 1 aromatic carbocycles. The Morgan fingerprint density at radius 1 is 1.44 bits per heavy atom. The minimum atomic E-state index is -1.08.